The van der Waals surface area contributed by atoms with Crippen molar-refractivity contribution in [3.05, 3.63) is 72.3 Å². The number of rotatable bonds is 2. The number of hydrogen-bond donors (Lipinski definition) is 3. The second-order valence-electron chi connectivity index (χ2n) is 6.75. The van der Waals surface area contributed by atoms with Gasteiger partial charge in [-0.05, 0) is 29.0 Å². The standard InChI is InChI=1S/C21H16N4O3/c26-15-11-10-12-6-4-5-9-14(12)16(15)18-17-19(22-21(28)23-20(17)27)24-25(18)13-7-2-1-3-8-13/h1-11,17-18,26H,(H2,22,23,24,27,28). The highest BCUT2D eigenvalue weighted by molar-refractivity contribution is 6.20. The van der Waals surface area contributed by atoms with Crippen molar-refractivity contribution in [3.8, 4) is 5.75 Å². The number of carbonyl (C=O) groups is 2. The summed E-state index contributed by atoms with van der Waals surface area (Å²) in [6, 6.07) is 19.3. The first-order valence-corrected chi connectivity index (χ1v) is 8.89. The average Bonchev–Trinajstić information content (AvgIpc) is 3.08. The molecule has 2 aliphatic heterocycles. The molecule has 3 aromatic carbocycles. The monoisotopic (exact) mass is 372 g/mol. The number of hydrazone groups is 1. The largest absolute Gasteiger partial charge is 0.508 e. The number of para-hydroxylation sites is 1. The van der Waals surface area contributed by atoms with E-state index in [4.69, 9.17) is 0 Å². The van der Waals surface area contributed by atoms with Gasteiger partial charge in [-0.3, -0.25) is 20.4 Å². The van der Waals surface area contributed by atoms with E-state index in [-0.39, 0.29) is 11.6 Å². The number of urea groups is 1. The van der Waals surface area contributed by atoms with Gasteiger partial charge in [0, 0.05) is 5.56 Å². The van der Waals surface area contributed by atoms with Gasteiger partial charge in [-0.2, -0.15) is 5.10 Å². The van der Waals surface area contributed by atoms with Crippen LogP contribution in [0.1, 0.15) is 11.6 Å². The molecule has 0 radical (unpaired) electrons. The Labute approximate surface area is 160 Å². The van der Waals surface area contributed by atoms with Gasteiger partial charge < -0.3 is 5.11 Å². The van der Waals surface area contributed by atoms with Crippen LogP contribution in [-0.2, 0) is 4.79 Å². The number of amidine groups is 1. The molecule has 3 N–H and O–H groups in total. The molecule has 7 nitrogen and oxygen atoms in total. The van der Waals surface area contributed by atoms with E-state index >= 15 is 0 Å². The number of imide groups is 1. The first-order valence-electron chi connectivity index (χ1n) is 8.89. The fraction of sp³-hybridized carbons (Fsp3) is 0.0952. The SMILES string of the molecule is O=C1NC(=O)C2C(=NN(c3ccccc3)C2c2c(O)ccc3ccccc23)N1. The van der Waals surface area contributed by atoms with E-state index in [1.165, 1.54) is 0 Å². The molecule has 7 heteroatoms. The van der Waals surface area contributed by atoms with Crippen molar-refractivity contribution in [2.75, 3.05) is 5.01 Å². The van der Waals surface area contributed by atoms with Crippen LogP contribution in [0.3, 0.4) is 0 Å². The summed E-state index contributed by atoms with van der Waals surface area (Å²) in [7, 11) is 0. The van der Waals surface area contributed by atoms with E-state index in [1.54, 1.807) is 11.1 Å². The molecule has 2 atom stereocenters. The molecule has 2 unspecified atom stereocenters. The number of hydrogen-bond acceptors (Lipinski definition) is 5. The number of nitrogens with zero attached hydrogens (tertiary/aromatic N) is 2. The van der Waals surface area contributed by atoms with Crippen LogP contribution >= 0.6 is 0 Å². The van der Waals surface area contributed by atoms with Crippen molar-refractivity contribution in [1.82, 2.24) is 10.6 Å². The lowest BCUT2D eigenvalue weighted by Crippen LogP contribution is -2.55. The van der Waals surface area contributed by atoms with Gasteiger partial charge >= 0.3 is 6.03 Å². The highest BCUT2D eigenvalue weighted by Crippen LogP contribution is 2.45. The summed E-state index contributed by atoms with van der Waals surface area (Å²) in [5.41, 5.74) is 1.35. The van der Waals surface area contributed by atoms with Gasteiger partial charge in [-0.15, -0.1) is 0 Å². The fourth-order valence-corrected chi connectivity index (χ4v) is 3.92. The second-order valence-corrected chi connectivity index (χ2v) is 6.75. The maximum atomic E-state index is 12.7. The number of fused-ring (bicyclic) bond motifs is 2. The molecule has 2 heterocycles. The van der Waals surface area contributed by atoms with E-state index in [9.17, 15) is 14.7 Å². The van der Waals surface area contributed by atoms with Gasteiger partial charge in [0.2, 0.25) is 5.91 Å². The first-order chi connectivity index (χ1) is 13.6. The van der Waals surface area contributed by atoms with Crippen molar-refractivity contribution in [3.63, 3.8) is 0 Å². The lowest BCUT2D eigenvalue weighted by atomic mass is 9.87. The molecule has 0 bridgehead atoms. The zero-order valence-corrected chi connectivity index (χ0v) is 14.7. The van der Waals surface area contributed by atoms with Gasteiger partial charge in [-0.1, -0.05) is 48.5 Å². The van der Waals surface area contributed by atoms with Gasteiger partial charge in [0.25, 0.3) is 0 Å². The highest BCUT2D eigenvalue weighted by Gasteiger charge is 2.48. The van der Waals surface area contributed by atoms with Crippen molar-refractivity contribution in [2.24, 2.45) is 11.0 Å². The number of carbonyl (C=O) groups excluding carboxylic acids is 2. The Bertz CT molecular complexity index is 1140. The number of nitrogens with one attached hydrogen (secondary N) is 2. The number of benzene rings is 3. The molecule has 2 aliphatic rings. The zero-order valence-electron chi connectivity index (χ0n) is 14.7. The summed E-state index contributed by atoms with van der Waals surface area (Å²) in [6.45, 7) is 0. The third-order valence-corrected chi connectivity index (χ3v) is 5.11. The minimum absolute atomic E-state index is 0.0748. The molecular formula is C21H16N4O3. The van der Waals surface area contributed by atoms with Crippen LogP contribution in [0.2, 0.25) is 0 Å². The Hall–Kier alpha value is -3.87. The van der Waals surface area contributed by atoms with Gasteiger partial charge in [0.05, 0.1) is 5.69 Å². The number of anilines is 1. The summed E-state index contributed by atoms with van der Waals surface area (Å²) in [5, 5.41) is 23.7. The molecule has 0 saturated carbocycles. The number of phenolic OH excluding ortho intramolecular Hbond substituents is 1. The van der Waals surface area contributed by atoms with Gasteiger partial charge in [0.1, 0.15) is 23.5 Å². The summed E-state index contributed by atoms with van der Waals surface area (Å²) in [5.74, 6) is -0.853. The summed E-state index contributed by atoms with van der Waals surface area (Å²) >= 11 is 0. The van der Waals surface area contributed by atoms with E-state index < -0.39 is 23.9 Å². The molecule has 0 aliphatic carbocycles. The molecule has 1 saturated heterocycles. The van der Waals surface area contributed by atoms with E-state index in [0.29, 0.717) is 5.56 Å². The highest BCUT2D eigenvalue weighted by atomic mass is 16.3. The Balaban J connectivity index is 1.75. The van der Waals surface area contributed by atoms with Crippen LogP contribution in [0.5, 0.6) is 5.75 Å². The second kappa shape index (κ2) is 6.09. The lowest BCUT2D eigenvalue weighted by molar-refractivity contribution is -0.122. The molecule has 138 valence electrons. The zero-order chi connectivity index (χ0) is 19.3. The summed E-state index contributed by atoms with van der Waals surface area (Å²) in [6.07, 6.45) is 0. The Kier molecular flexibility index (Phi) is 3.55. The van der Waals surface area contributed by atoms with Crippen LogP contribution in [0.4, 0.5) is 10.5 Å². The molecule has 3 amide bonds. The first kappa shape index (κ1) is 16.3. The van der Waals surface area contributed by atoms with Crippen molar-refractivity contribution < 1.29 is 14.7 Å². The maximum absolute atomic E-state index is 12.7. The topological polar surface area (TPSA) is 94.0 Å². The summed E-state index contributed by atoms with van der Waals surface area (Å²) < 4.78 is 0. The molecule has 28 heavy (non-hydrogen) atoms. The quantitative estimate of drug-likeness (QED) is 0.645. The van der Waals surface area contributed by atoms with Crippen LogP contribution in [0, 0.1) is 5.92 Å². The number of amides is 3. The molecule has 5 rings (SSSR count). The van der Waals surface area contributed by atoms with Gasteiger partial charge in [0.15, 0.2) is 0 Å². The van der Waals surface area contributed by atoms with Crippen LogP contribution in [0.15, 0.2) is 71.8 Å². The van der Waals surface area contributed by atoms with Crippen molar-refractivity contribution in [2.45, 2.75) is 6.04 Å². The number of phenols is 1. The van der Waals surface area contributed by atoms with Crippen molar-refractivity contribution >= 4 is 34.2 Å². The Morgan fingerprint density at radius 1 is 0.893 bits per heavy atom. The minimum atomic E-state index is -0.755. The Morgan fingerprint density at radius 3 is 2.46 bits per heavy atom. The predicted octanol–water partition coefficient (Wildman–Crippen LogP) is 2.88. The molecule has 0 aromatic heterocycles. The van der Waals surface area contributed by atoms with E-state index in [1.807, 2.05) is 60.7 Å². The predicted molar refractivity (Wildman–Crippen MR) is 105 cm³/mol. The summed E-state index contributed by atoms with van der Waals surface area (Å²) in [4.78, 5) is 24.5. The van der Waals surface area contributed by atoms with Crippen molar-refractivity contribution in [1.29, 1.82) is 0 Å². The maximum Gasteiger partial charge on any atom is 0.326 e. The number of aromatic hydroxyl groups is 1. The van der Waals surface area contributed by atoms with Crippen LogP contribution < -0.4 is 15.6 Å². The van der Waals surface area contributed by atoms with Crippen LogP contribution in [0.25, 0.3) is 10.8 Å². The van der Waals surface area contributed by atoms with E-state index in [2.05, 4.69) is 15.7 Å². The molecule has 0 spiro atoms. The smallest absolute Gasteiger partial charge is 0.326 e. The van der Waals surface area contributed by atoms with Crippen LogP contribution in [-0.4, -0.2) is 22.9 Å². The fourth-order valence-electron chi connectivity index (χ4n) is 3.92. The third kappa shape index (κ3) is 2.40. The lowest BCUT2D eigenvalue weighted by Gasteiger charge is -2.30. The normalized spacial score (nSPS) is 21.1. The minimum Gasteiger partial charge on any atom is -0.508 e. The third-order valence-electron chi connectivity index (χ3n) is 5.11. The Morgan fingerprint density at radius 2 is 1.64 bits per heavy atom. The van der Waals surface area contributed by atoms with Gasteiger partial charge in [-0.25, -0.2) is 4.79 Å². The molecule has 1 fully saturated rings. The molecular weight excluding hydrogens is 356 g/mol. The average molecular weight is 372 g/mol. The molecule has 3 aromatic rings. The van der Waals surface area contributed by atoms with E-state index in [0.717, 1.165) is 16.5 Å².